The van der Waals surface area contributed by atoms with Crippen LogP contribution < -0.4 is 0 Å². The number of hydrogen-bond acceptors (Lipinski definition) is 2. The van der Waals surface area contributed by atoms with Gasteiger partial charge in [0, 0.05) is 37.7 Å². The lowest BCUT2D eigenvalue weighted by molar-refractivity contribution is 0.0776. The molecule has 2 unspecified atom stereocenters. The van der Waals surface area contributed by atoms with E-state index in [1.54, 1.807) is 0 Å². The molecule has 25 heavy (non-hydrogen) atoms. The first-order valence-corrected chi connectivity index (χ1v) is 9.67. The summed E-state index contributed by atoms with van der Waals surface area (Å²) < 4.78 is 0. The number of piperazine rings is 1. The van der Waals surface area contributed by atoms with Gasteiger partial charge in [-0.3, -0.25) is 4.90 Å². The topological polar surface area (TPSA) is 43.8 Å². The predicted octanol–water partition coefficient (Wildman–Crippen LogP) is 4.55. The van der Waals surface area contributed by atoms with E-state index in [0.29, 0.717) is 30.3 Å². The molecule has 1 saturated carbocycles. The number of carbonyl (C=O) groups is 1. The maximum Gasteiger partial charge on any atom is 0.407 e. The third kappa shape index (κ3) is 4.68. The van der Waals surface area contributed by atoms with Gasteiger partial charge in [0.15, 0.2) is 0 Å². The SMILES string of the molecule is CC1(C)CCC(CN2CCN(C(=O)O)CC2)C(c2ccc(Cl)cc2)C1. The molecule has 4 nitrogen and oxygen atoms in total. The van der Waals surface area contributed by atoms with Crippen molar-refractivity contribution in [3.8, 4) is 0 Å². The van der Waals surface area contributed by atoms with Crippen molar-refractivity contribution < 1.29 is 9.90 Å². The first-order valence-electron chi connectivity index (χ1n) is 9.30. The quantitative estimate of drug-likeness (QED) is 0.855. The Kier molecular flexibility index (Phi) is 5.59. The summed E-state index contributed by atoms with van der Waals surface area (Å²) >= 11 is 6.08. The number of nitrogens with zero attached hydrogens (tertiary/aromatic N) is 2. The molecular weight excluding hydrogens is 336 g/mol. The smallest absolute Gasteiger partial charge is 0.407 e. The first-order chi connectivity index (χ1) is 11.8. The number of amides is 1. The fourth-order valence-corrected chi connectivity index (χ4v) is 4.54. The van der Waals surface area contributed by atoms with Gasteiger partial charge in [-0.2, -0.15) is 0 Å². The molecule has 1 aliphatic heterocycles. The average molecular weight is 365 g/mol. The van der Waals surface area contributed by atoms with Crippen LogP contribution in [0.25, 0.3) is 0 Å². The Labute approximate surface area is 155 Å². The fourth-order valence-electron chi connectivity index (χ4n) is 4.41. The maximum atomic E-state index is 11.1. The van der Waals surface area contributed by atoms with Crippen molar-refractivity contribution >= 4 is 17.7 Å². The van der Waals surface area contributed by atoms with Gasteiger partial charge in [0.1, 0.15) is 0 Å². The second-order valence-electron chi connectivity index (χ2n) is 8.40. The molecule has 2 atom stereocenters. The van der Waals surface area contributed by atoms with E-state index >= 15 is 0 Å². The number of carboxylic acid groups (broad SMARTS) is 1. The summed E-state index contributed by atoms with van der Waals surface area (Å²) in [5.41, 5.74) is 1.77. The van der Waals surface area contributed by atoms with Crippen LogP contribution in [-0.2, 0) is 0 Å². The minimum atomic E-state index is -0.793. The minimum absolute atomic E-state index is 0.378. The van der Waals surface area contributed by atoms with Crippen molar-refractivity contribution in [1.29, 1.82) is 0 Å². The van der Waals surface area contributed by atoms with Gasteiger partial charge in [-0.1, -0.05) is 37.6 Å². The molecule has 0 spiro atoms. The van der Waals surface area contributed by atoms with Crippen LogP contribution in [0.1, 0.15) is 44.6 Å². The molecule has 1 heterocycles. The van der Waals surface area contributed by atoms with Gasteiger partial charge in [0.05, 0.1) is 0 Å². The third-order valence-electron chi connectivity index (χ3n) is 5.97. The monoisotopic (exact) mass is 364 g/mol. The molecule has 0 radical (unpaired) electrons. The van der Waals surface area contributed by atoms with Crippen molar-refractivity contribution in [1.82, 2.24) is 9.80 Å². The first kappa shape index (κ1) is 18.5. The van der Waals surface area contributed by atoms with E-state index in [1.165, 1.54) is 29.7 Å². The van der Waals surface area contributed by atoms with E-state index in [4.69, 9.17) is 16.7 Å². The second-order valence-corrected chi connectivity index (χ2v) is 8.83. The van der Waals surface area contributed by atoms with E-state index in [1.807, 2.05) is 12.1 Å². The fraction of sp³-hybridized carbons (Fsp3) is 0.650. The predicted molar refractivity (Wildman–Crippen MR) is 101 cm³/mol. The van der Waals surface area contributed by atoms with Crippen LogP contribution in [-0.4, -0.2) is 53.7 Å². The summed E-state index contributed by atoms with van der Waals surface area (Å²) in [5.74, 6) is 1.18. The number of rotatable bonds is 3. The molecule has 3 rings (SSSR count). The average Bonchev–Trinajstić information content (AvgIpc) is 2.57. The van der Waals surface area contributed by atoms with Crippen LogP contribution in [0, 0.1) is 11.3 Å². The molecule has 1 aromatic carbocycles. The van der Waals surface area contributed by atoms with Gasteiger partial charge in [-0.15, -0.1) is 0 Å². The van der Waals surface area contributed by atoms with Crippen LogP contribution in [0.5, 0.6) is 0 Å². The van der Waals surface area contributed by atoms with Crippen molar-refractivity contribution in [2.75, 3.05) is 32.7 Å². The molecule has 5 heteroatoms. The van der Waals surface area contributed by atoms with Crippen LogP contribution >= 0.6 is 11.6 Å². The van der Waals surface area contributed by atoms with Crippen LogP contribution in [0.2, 0.25) is 5.02 Å². The summed E-state index contributed by atoms with van der Waals surface area (Å²) in [6.45, 7) is 8.75. The van der Waals surface area contributed by atoms with Crippen molar-refractivity contribution in [3.63, 3.8) is 0 Å². The van der Waals surface area contributed by atoms with E-state index in [9.17, 15) is 4.79 Å². The molecule has 0 aromatic heterocycles. The summed E-state index contributed by atoms with van der Waals surface area (Å²) in [6.07, 6.45) is 2.91. The third-order valence-corrected chi connectivity index (χ3v) is 6.22. The largest absolute Gasteiger partial charge is 0.465 e. The highest BCUT2D eigenvalue weighted by Gasteiger charge is 2.36. The highest BCUT2D eigenvalue weighted by Crippen LogP contribution is 2.47. The molecular formula is C20H29ClN2O2. The number of benzene rings is 1. The molecule has 1 aliphatic carbocycles. The van der Waals surface area contributed by atoms with E-state index in [-0.39, 0.29) is 0 Å². The molecule has 2 aliphatic rings. The van der Waals surface area contributed by atoms with Gasteiger partial charge in [-0.25, -0.2) is 4.79 Å². The lowest BCUT2D eigenvalue weighted by atomic mass is 9.65. The Morgan fingerprint density at radius 2 is 1.84 bits per heavy atom. The van der Waals surface area contributed by atoms with E-state index < -0.39 is 6.09 Å². The van der Waals surface area contributed by atoms with E-state index in [2.05, 4.69) is 30.9 Å². The zero-order chi connectivity index (χ0) is 18.0. The Bertz CT molecular complexity index is 594. The number of hydrogen-bond donors (Lipinski definition) is 1. The molecule has 1 N–H and O–H groups in total. The van der Waals surface area contributed by atoms with Gasteiger partial charge in [-0.05, 0) is 54.2 Å². The second kappa shape index (κ2) is 7.55. The highest BCUT2D eigenvalue weighted by molar-refractivity contribution is 6.30. The summed E-state index contributed by atoms with van der Waals surface area (Å²) in [4.78, 5) is 15.1. The maximum absolute atomic E-state index is 11.1. The van der Waals surface area contributed by atoms with Crippen LogP contribution in [0.15, 0.2) is 24.3 Å². The Hall–Kier alpha value is -1.26. The molecule has 1 amide bonds. The molecule has 2 fully saturated rings. The van der Waals surface area contributed by atoms with Gasteiger partial charge >= 0.3 is 6.09 Å². The molecule has 1 aromatic rings. The standard InChI is InChI=1S/C20H29ClN2O2/c1-20(2)8-7-16(14-22-9-11-23(12-10-22)19(24)25)18(13-20)15-3-5-17(21)6-4-15/h3-6,16,18H,7-14H2,1-2H3,(H,24,25). The van der Waals surface area contributed by atoms with Crippen LogP contribution in [0.3, 0.4) is 0 Å². The van der Waals surface area contributed by atoms with Crippen molar-refractivity contribution in [3.05, 3.63) is 34.9 Å². The van der Waals surface area contributed by atoms with Gasteiger partial charge in [0.2, 0.25) is 0 Å². The Morgan fingerprint density at radius 1 is 1.20 bits per heavy atom. The zero-order valence-electron chi connectivity index (χ0n) is 15.2. The molecule has 0 bridgehead atoms. The Balaban J connectivity index is 1.68. The zero-order valence-corrected chi connectivity index (χ0v) is 16.0. The lowest BCUT2D eigenvalue weighted by Crippen LogP contribution is -2.50. The molecule has 1 saturated heterocycles. The summed E-state index contributed by atoms with van der Waals surface area (Å²) in [5, 5.41) is 9.91. The van der Waals surface area contributed by atoms with Crippen LogP contribution in [0.4, 0.5) is 4.79 Å². The number of halogens is 1. The molecule has 138 valence electrons. The van der Waals surface area contributed by atoms with E-state index in [0.717, 1.165) is 24.7 Å². The lowest BCUT2D eigenvalue weighted by Gasteiger charge is -2.44. The van der Waals surface area contributed by atoms with Gasteiger partial charge in [0.25, 0.3) is 0 Å². The Morgan fingerprint density at radius 3 is 2.44 bits per heavy atom. The normalized spacial score (nSPS) is 27.2. The van der Waals surface area contributed by atoms with Crippen molar-refractivity contribution in [2.45, 2.75) is 39.0 Å². The highest BCUT2D eigenvalue weighted by atomic mass is 35.5. The van der Waals surface area contributed by atoms with Crippen molar-refractivity contribution in [2.24, 2.45) is 11.3 Å². The van der Waals surface area contributed by atoms with Gasteiger partial charge < -0.3 is 10.0 Å². The summed E-state index contributed by atoms with van der Waals surface area (Å²) in [7, 11) is 0. The summed E-state index contributed by atoms with van der Waals surface area (Å²) in [6, 6.07) is 8.37. The minimum Gasteiger partial charge on any atom is -0.465 e.